The molecule has 0 bridgehead atoms. The third kappa shape index (κ3) is 21.6. The van der Waals surface area contributed by atoms with Crippen LogP contribution in [0.25, 0.3) is 0 Å². The molecular weight excluding hydrogens is 426 g/mol. The van der Waals surface area contributed by atoms with Gasteiger partial charge in [0, 0.05) is 0 Å². The van der Waals surface area contributed by atoms with E-state index in [0.29, 0.717) is 6.42 Å². The number of aliphatic hydroxyl groups excluding tert-OH is 3. The Hall–Kier alpha value is -0.910. The second-order valence-electron chi connectivity index (χ2n) is 10.0. The number of unbranched alkanes of at least 4 members (excludes halogenated alkanes) is 16. The number of aliphatic hydroxyl groups is 3. The zero-order valence-corrected chi connectivity index (χ0v) is 22.5. The normalized spacial score (nSPS) is 14.4. The van der Waals surface area contributed by atoms with Gasteiger partial charge in [0.15, 0.2) is 0 Å². The molecule has 0 radical (unpaired) electrons. The largest absolute Gasteiger partial charge is 0.394 e. The molecule has 0 fully saturated rings. The van der Waals surface area contributed by atoms with Crippen LogP contribution in [0.3, 0.4) is 0 Å². The van der Waals surface area contributed by atoms with Gasteiger partial charge in [-0.1, -0.05) is 129 Å². The summed E-state index contributed by atoms with van der Waals surface area (Å²) in [5, 5.41) is 32.6. The predicted molar refractivity (Wildman–Crippen MR) is 144 cm³/mol. The van der Waals surface area contributed by atoms with Gasteiger partial charge in [-0.25, -0.2) is 0 Å². The summed E-state index contributed by atoms with van der Waals surface area (Å²) < 4.78 is 0. The highest BCUT2D eigenvalue weighted by Gasteiger charge is 2.20. The molecule has 0 saturated heterocycles. The maximum absolute atomic E-state index is 12.2. The summed E-state index contributed by atoms with van der Waals surface area (Å²) >= 11 is 0. The van der Waals surface area contributed by atoms with Gasteiger partial charge in [0.05, 0.1) is 31.3 Å². The van der Waals surface area contributed by atoms with Crippen LogP contribution in [0.5, 0.6) is 0 Å². The molecule has 3 atom stereocenters. The Morgan fingerprint density at radius 2 is 1.21 bits per heavy atom. The van der Waals surface area contributed by atoms with Crippen LogP contribution in [-0.4, -0.2) is 46.1 Å². The van der Waals surface area contributed by atoms with Gasteiger partial charge >= 0.3 is 0 Å². The Morgan fingerprint density at radius 1 is 0.735 bits per heavy atom. The van der Waals surface area contributed by atoms with Crippen LogP contribution < -0.4 is 5.32 Å². The van der Waals surface area contributed by atoms with Crippen molar-refractivity contribution >= 4 is 5.91 Å². The number of carbonyl (C=O) groups excluding carboxylic acids is 1. The van der Waals surface area contributed by atoms with Crippen molar-refractivity contribution in [1.82, 2.24) is 5.32 Å². The summed E-state index contributed by atoms with van der Waals surface area (Å²) in [6.45, 7) is 4.12. The van der Waals surface area contributed by atoms with E-state index >= 15 is 0 Å². The minimum atomic E-state index is -0.919. The fraction of sp³-hybridized carbons (Fsp3) is 0.897. The van der Waals surface area contributed by atoms with Crippen LogP contribution in [0, 0.1) is 0 Å². The molecule has 0 rings (SSSR count). The summed E-state index contributed by atoms with van der Waals surface area (Å²) in [6.07, 6.45) is 24.8. The first-order valence-corrected chi connectivity index (χ1v) is 14.5. The number of carbonyl (C=O) groups is 1. The quantitative estimate of drug-likeness (QED) is 0.0871. The highest BCUT2D eigenvalue weighted by molar-refractivity contribution is 5.76. The number of nitrogens with one attached hydrogen (secondary N) is 1. The molecule has 3 unspecified atom stereocenters. The molecule has 1 amide bonds. The Bertz CT molecular complexity index is 469. The molecule has 0 aliphatic carbocycles. The van der Waals surface area contributed by atoms with Crippen LogP contribution >= 0.6 is 0 Å². The van der Waals surface area contributed by atoms with E-state index in [2.05, 4.69) is 19.2 Å². The van der Waals surface area contributed by atoms with E-state index in [0.717, 1.165) is 25.7 Å². The number of amides is 1. The summed E-state index contributed by atoms with van der Waals surface area (Å²) in [5.74, 6) is -0.323. The summed E-state index contributed by atoms with van der Waals surface area (Å²) in [4.78, 5) is 12.2. The van der Waals surface area contributed by atoms with Gasteiger partial charge in [0.25, 0.3) is 0 Å². The van der Waals surface area contributed by atoms with Crippen molar-refractivity contribution in [3.05, 3.63) is 12.2 Å². The van der Waals surface area contributed by atoms with Crippen molar-refractivity contribution in [1.29, 1.82) is 0 Å². The van der Waals surface area contributed by atoms with Gasteiger partial charge in [-0.2, -0.15) is 0 Å². The Balaban J connectivity index is 3.84. The van der Waals surface area contributed by atoms with Crippen LogP contribution in [-0.2, 0) is 4.79 Å². The number of hydrogen-bond donors (Lipinski definition) is 4. The number of hydrogen-bond acceptors (Lipinski definition) is 4. The number of rotatable bonds is 25. The molecule has 202 valence electrons. The van der Waals surface area contributed by atoms with Gasteiger partial charge in [0.2, 0.25) is 5.91 Å². The first kappa shape index (κ1) is 33.1. The van der Waals surface area contributed by atoms with Crippen molar-refractivity contribution in [2.24, 2.45) is 0 Å². The monoisotopic (exact) mass is 483 g/mol. The van der Waals surface area contributed by atoms with Crippen molar-refractivity contribution in [2.75, 3.05) is 6.61 Å². The van der Waals surface area contributed by atoms with E-state index in [9.17, 15) is 20.1 Å². The topological polar surface area (TPSA) is 89.8 Å². The molecule has 0 spiro atoms. The van der Waals surface area contributed by atoms with E-state index in [-0.39, 0.29) is 18.9 Å². The lowest BCUT2D eigenvalue weighted by atomic mass is 10.0. The molecule has 34 heavy (non-hydrogen) atoms. The lowest BCUT2D eigenvalue weighted by Gasteiger charge is -2.21. The van der Waals surface area contributed by atoms with Crippen molar-refractivity contribution in [3.8, 4) is 0 Å². The first-order valence-electron chi connectivity index (χ1n) is 14.5. The summed E-state index contributed by atoms with van der Waals surface area (Å²) in [5.41, 5.74) is 0. The second kappa shape index (κ2) is 25.2. The molecule has 0 aliphatic heterocycles. The second-order valence-corrected chi connectivity index (χ2v) is 10.0. The van der Waals surface area contributed by atoms with Gasteiger partial charge in [-0.05, 0) is 19.3 Å². The fourth-order valence-electron chi connectivity index (χ4n) is 4.28. The van der Waals surface area contributed by atoms with Gasteiger partial charge < -0.3 is 20.6 Å². The molecule has 0 saturated carbocycles. The van der Waals surface area contributed by atoms with Gasteiger partial charge in [-0.3, -0.25) is 4.79 Å². The maximum Gasteiger partial charge on any atom is 0.222 e. The molecule has 0 aliphatic rings. The molecule has 0 heterocycles. The highest BCUT2D eigenvalue weighted by Crippen LogP contribution is 2.13. The molecule has 0 aromatic carbocycles. The minimum absolute atomic E-state index is 0.0153. The maximum atomic E-state index is 12.2. The lowest BCUT2D eigenvalue weighted by molar-refractivity contribution is -0.124. The molecule has 0 aromatic rings. The van der Waals surface area contributed by atoms with Gasteiger partial charge in [-0.15, -0.1) is 0 Å². The van der Waals surface area contributed by atoms with Crippen molar-refractivity contribution in [3.63, 3.8) is 0 Å². The number of allylic oxidation sites excluding steroid dienone is 1. The highest BCUT2D eigenvalue weighted by atomic mass is 16.3. The minimum Gasteiger partial charge on any atom is -0.394 e. The predicted octanol–water partition coefficient (Wildman–Crippen LogP) is 6.58. The Kier molecular flexibility index (Phi) is 24.5. The lowest BCUT2D eigenvalue weighted by Crippen LogP contribution is -2.45. The molecule has 5 heteroatoms. The zero-order valence-electron chi connectivity index (χ0n) is 22.5. The molecule has 5 nitrogen and oxygen atoms in total. The first-order chi connectivity index (χ1) is 16.5. The molecule has 0 aromatic heterocycles. The molecular formula is C29H57NO4. The van der Waals surface area contributed by atoms with Crippen LogP contribution in [0.15, 0.2) is 12.2 Å². The van der Waals surface area contributed by atoms with Crippen LogP contribution in [0.2, 0.25) is 0 Å². The van der Waals surface area contributed by atoms with E-state index in [1.165, 1.54) is 89.9 Å². The van der Waals surface area contributed by atoms with Gasteiger partial charge in [0.1, 0.15) is 0 Å². The third-order valence-corrected chi connectivity index (χ3v) is 6.57. The molecule has 4 N–H and O–H groups in total. The SMILES string of the molecule is CCCCCCCCCCCC/C=C/C(O)C(CO)NC(=O)CC(O)CCCCCCCCC. The third-order valence-electron chi connectivity index (χ3n) is 6.57. The Morgan fingerprint density at radius 3 is 1.71 bits per heavy atom. The average molecular weight is 484 g/mol. The van der Waals surface area contributed by atoms with Crippen LogP contribution in [0.4, 0.5) is 0 Å². The standard InChI is InChI=1S/C29H57NO4/c1-3-5-7-9-11-12-13-14-15-17-19-21-23-28(33)27(25-31)30-29(34)24-26(32)22-20-18-16-10-8-6-4-2/h21,23,26-28,31-33H,3-20,22,24-25H2,1-2H3,(H,30,34)/b23-21+. The van der Waals surface area contributed by atoms with E-state index in [1.807, 2.05) is 6.08 Å². The van der Waals surface area contributed by atoms with E-state index < -0.39 is 18.2 Å². The fourth-order valence-corrected chi connectivity index (χ4v) is 4.28. The Labute approximate surface area is 210 Å². The summed E-state index contributed by atoms with van der Waals surface area (Å²) in [7, 11) is 0. The van der Waals surface area contributed by atoms with Crippen molar-refractivity contribution in [2.45, 2.75) is 161 Å². The van der Waals surface area contributed by atoms with E-state index in [4.69, 9.17) is 0 Å². The zero-order chi connectivity index (χ0) is 25.3. The van der Waals surface area contributed by atoms with E-state index in [1.54, 1.807) is 6.08 Å². The average Bonchev–Trinajstić information content (AvgIpc) is 2.82. The van der Waals surface area contributed by atoms with Crippen LogP contribution in [0.1, 0.15) is 142 Å². The van der Waals surface area contributed by atoms with Crippen molar-refractivity contribution < 1.29 is 20.1 Å². The summed E-state index contributed by atoms with van der Waals surface area (Å²) in [6, 6.07) is -0.734. The smallest absolute Gasteiger partial charge is 0.222 e.